The average Bonchev–Trinajstić information content (AvgIpc) is 3.57. The third kappa shape index (κ3) is 5.68. The Labute approximate surface area is 168 Å². The monoisotopic (exact) mass is 383 g/mol. The van der Waals surface area contributed by atoms with Gasteiger partial charge in [-0.2, -0.15) is 0 Å². The SMILES string of the molecule is CCC(C)C(NC(=O)C1CC1)C(=O)N1CCN(C/C=C/c2ccccc2)CC1. The number of carbonyl (C=O) groups is 2. The fraction of sp³-hybridized carbons (Fsp3) is 0.565. The number of carbonyl (C=O) groups excluding carboxylic acids is 2. The zero-order valence-electron chi connectivity index (χ0n) is 17.1. The van der Waals surface area contributed by atoms with E-state index in [9.17, 15) is 9.59 Å². The number of nitrogens with one attached hydrogen (secondary N) is 1. The van der Waals surface area contributed by atoms with Gasteiger partial charge in [-0.1, -0.05) is 62.8 Å². The second kappa shape index (κ2) is 9.87. The zero-order chi connectivity index (χ0) is 19.9. The van der Waals surface area contributed by atoms with Gasteiger partial charge in [-0.3, -0.25) is 14.5 Å². The summed E-state index contributed by atoms with van der Waals surface area (Å²) in [6.45, 7) is 8.22. The summed E-state index contributed by atoms with van der Waals surface area (Å²) in [5.41, 5.74) is 1.21. The first-order valence-corrected chi connectivity index (χ1v) is 10.6. The lowest BCUT2D eigenvalue weighted by Gasteiger charge is -2.37. The number of nitrogens with zero attached hydrogens (tertiary/aromatic N) is 2. The number of amides is 2. The number of hydrogen-bond donors (Lipinski definition) is 1. The molecule has 1 aliphatic heterocycles. The Morgan fingerprint density at radius 2 is 1.82 bits per heavy atom. The molecule has 1 aromatic carbocycles. The minimum atomic E-state index is -0.386. The maximum absolute atomic E-state index is 13.1. The van der Waals surface area contributed by atoms with E-state index in [2.05, 4.69) is 48.3 Å². The van der Waals surface area contributed by atoms with Crippen LogP contribution < -0.4 is 5.32 Å². The van der Waals surface area contributed by atoms with Gasteiger partial charge in [0, 0.05) is 38.6 Å². The second-order valence-electron chi connectivity index (χ2n) is 8.09. The normalized spacial score (nSPS) is 20.1. The van der Waals surface area contributed by atoms with Gasteiger partial charge in [0.15, 0.2) is 0 Å². The van der Waals surface area contributed by atoms with Crippen LogP contribution in [0.1, 0.15) is 38.7 Å². The van der Waals surface area contributed by atoms with Crippen LogP contribution in [0.5, 0.6) is 0 Å². The standard InChI is InChI=1S/C23H33N3O2/c1-3-18(2)21(24-22(27)20-11-12-20)23(28)26-16-14-25(15-17-26)13-7-10-19-8-5-4-6-9-19/h4-10,18,20-21H,3,11-17H2,1-2H3,(H,24,27)/b10-7+. The van der Waals surface area contributed by atoms with Crippen molar-refractivity contribution in [2.24, 2.45) is 11.8 Å². The highest BCUT2D eigenvalue weighted by atomic mass is 16.2. The molecule has 2 amide bonds. The molecule has 5 nitrogen and oxygen atoms in total. The summed E-state index contributed by atoms with van der Waals surface area (Å²) >= 11 is 0. The summed E-state index contributed by atoms with van der Waals surface area (Å²) in [5.74, 6) is 0.431. The minimum absolute atomic E-state index is 0.0586. The van der Waals surface area contributed by atoms with Crippen LogP contribution in [0.25, 0.3) is 6.08 Å². The van der Waals surface area contributed by atoms with E-state index in [1.54, 1.807) is 0 Å². The molecule has 1 aromatic rings. The van der Waals surface area contributed by atoms with Crippen LogP contribution in [0.2, 0.25) is 0 Å². The van der Waals surface area contributed by atoms with E-state index in [0.717, 1.165) is 52.0 Å². The van der Waals surface area contributed by atoms with Crippen LogP contribution in [0.4, 0.5) is 0 Å². The highest BCUT2D eigenvalue weighted by molar-refractivity contribution is 5.89. The van der Waals surface area contributed by atoms with E-state index < -0.39 is 0 Å². The zero-order valence-corrected chi connectivity index (χ0v) is 17.1. The smallest absolute Gasteiger partial charge is 0.245 e. The molecular formula is C23H33N3O2. The maximum atomic E-state index is 13.1. The lowest BCUT2D eigenvalue weighted by molar-refractivity contribution is -0.139. The van der Waals surface area contributed by atoms with Crippen LogP contribution in [-0.4, -0.2) is 60.4 Å². The van der Waals surface area contributed by atoms with Gasteiger partial charge in [0.05, 0.1) is 0 Å². The fourth-order valence-corrected chi connectivity index (χ4v) is 3.55. The van der Waals surface area contributed by atoms with Gasteiger partial charge in [-0.15, -0.1) is 0 Å². The van der Waals surface area contributed by atoms with Gasteiger partial charge in [-0.05, 0) is 24.3 Å². The van der Waals surface area contributed by atoms with Crippen LogP contribution >= 0.6 is 0 Å². The molecular weight excluding hydrogens is 350 g/mol. The van der Waals surface area contributed by atoms with Gasteiger partial charge in [0.1, 0.15) is 6.04 Å². The predicted molar refractivity (Wildman–Crippen MR) is 113 cm³/mol. The first-order chi connectivity index (χ1) is 13.6. The van der Waals surface area contributed by atoms with Crippen molar-refractivity contribution in [2.45, 2.75) is 39.2 Å². The summed E-state index contributed by atoms with van der Waals surface area (Å²) in [6.07, 6.45) is 7.13. The maximum Gasteiger partial charge on any atom is 0.245 e. The summed E-state index contributed by atoms with van der Waals surface area (Å²) in [7, 11) is 0. The van der Waals surface area contributed by atoms with Crippen molar-refractivity contribution in [3.05, 3.63) is 42.0 Å². The molecule has 1 aliphatic carbocycles. The molecule has 1 saturated heterocycles. The Balaban J connectivity index is 1.48. The Bertz CT molecular complexity index is 676. The van der Waals surface area contributed by atoms with E-state index in [0.29, 0.717) is 0 Å². The topological polar surface area (TPSA) is 52.7 Å². The summed E-state index contributed by atoms with van der Waals surface area (Å²) in [5, 5.41) is 3.04. The highest BCUT2D eigenvalue weighted by Crippen LogP contribution is 2.29. The molecule has 0 radical (unpaired) electrons. The molecule has 28 heavy (non-hydrogen) atoms. The number of piperazine rings is 1. The van der Waals surface area contributed by atoms with Crippen molar-refractivity contribution in [3.63, 3.8) is 0 Å². The van der Waals surface area contributed by atoms with Gasteiger partial charge >= 0.3 is 0 Å². The van der Waals surface area contributed by atoms with Crippen molar-refractivity contribution in [1.29, 1.82) is 0 Å². The lowest BCUT2D eigenvalue weighted by Crippen LogP contribution is -2.56. The van der Waals surface area contributed by atoms with E-state index in [-0.39, 0.29) is 29.7 Å². The molecule has 2 atom stereocenters. The van der Waals surface area contributed by atoms with Crippen molar-refractivity contribution in [1.82, 2.24) is 15.1 Å². The Hall–Kier alpha value is -2.14. The van der Waals surface area contributed by atoms with Gasteiger partial charge < -0.3 is 10.2 Å². The summed E-state index contributed by atoms with van der Waals surface area (Å²) < 4.78 is 0. The van der Waals surface area contributed by atoms with Gasteiger partial charge in [0.2, 0.25) is 11.8 Å². The van der Waals surface area contributed by atoms with Crippen molar-refractivity contribution in [3.8, 4) is 0 Å². The summed E-state index contributed by atoms with van der Waals surface area (Å²) in [6, 6.07) is 9.91. The van der Waals surface area contributed by atoms with E-state index in [4.69, 9.17) is 0 Å². The largest absolute Gasteiger partial charge is 0.344 e. The molecule has 0 aromatic heterocycles. The fourth-order valence-electron chi connectivity index (χ4n) is 3.55. The molecule has 1 saturated carbocycles. The molecule has 2 unspecified atom stereocenters. The third-order valence-electron chi connectivity index (χ3n) is 5.88. The Morgan fingerprint density at radius 3 is 2.43 bits per heavy atom. The van der Waals surface area contributed by atoms with Crippen LogP contribution in [-0.2, 0) is 9.59 Å². The van der Waals surface area contributed by atoms with Crippen molar-refractivity contribution >= 4 is 17.9 Å². The molecule has 1 N–H and O–H groups in total. The number of rotatable bonds is 8. The number of hydrogen-bond acceptors (Lipinski definition) is 3. The van der Waals surface area contributed by atoms with Gasteiger partial charge in [0.25, 0.3) is 0 Å². The quantitative estimate of drug-likeness (QED) is 0.751. The highest BCUT2D eigenvalue weighted by Gasteiger charge is 2.36. The van der Waals surface area contributed by atoms with Gasteiger partial charge in [-0.25, -0.2) is 0 Å². The minimum Gasteiger partial charge on any atom is -0.344 e. The molecule has 3 rings (SSSR count). The molecule has 2 aliphatic rings. The van der Waals surface area contributed by atoms with Crippen molar-refractivity contribution in [2.75, 3.05) is 32.7 Å². The molecule has 1 heterocycles. The van der Waals surface area contributed by atoms with E-state index in [1.165, 1.54) is 5.56 Å². The second-order valence-corrected chi connectivity index (χ2v) is 8.09. The molecule has 5 heteroatoms. The average molecular weight is 384 g/mol. The Kier molecular flexibility index (Phi) is 7.26. The van der Waals surface area contributed by atoms with Crippen LogP contribution in [0.3, 0.4) is 0 Å². The van der Waals surface area contributed by atoms with Crippen LogP contribution in [0.15, 0.2) is 36.4 Å². The summed E-state index contributed by atoms with van der Waals surface area (Å²) in [4.78, 5) is 29.6. The van der Waals surface area contributed by atoms with Crippen LogP contribution in [0, 0.1) is 11.8 Å². The lowest BCUT2D eigenvalue weighted by atomic mass is 9.97. The van der Waals surface area contributed by atoms with E-state index in [1.807, 2.05) is 23.1 Å². The molecule has 0 bridgehead atoms. The van der Waals surface area contributed by atoms with E-state index >= 15 is 0 Å². The van der Waals surface area contributed by atoms with Crippen molar-refractivity contribution < 1.29 is 9.59 Å². The molecule has 152 valence electrons. The first-order valence-electron chi connectivity index (χ1n) is 10.6. The Morgan fingerprint density at radius 1 is 1.14 bits per heavy atom. The number of benzene rings is 1. The predicted octanol–water partition coefficient (Wildman–Crippen LogP) is 2.78. The molecule has 2 fully saturated rings. The first kappa shape index (κ1) is 20.6. The third-order valence-corrected chi connectivity index (χ3v) is 5.88. The molecule has 0 spiro atoms.